The Balaban J connectivity index is 1.76. The van der Waals surface area contributed by atoms with Gasteiger partial charge in [0.1, 0.15) is 5.75 Å². The quantitative estimate of drug-likeness (QED) is 0.671. The van der Waals surface area contributed by atoms with Crippen LogP contribution in [0.2, 0.25) is 0 Å². The van der Waals surface area contributed by atoms with E-state index < -0.39 is 18.7 Å². The van der Waals surface area contributed by atoms with E-state index in [1.807, 2.05) is 0 Å². The molecule has 8 heteroatoms. The molecule has 0 aliphatic heterocycles. The molecule has 2 aromatic rings. The van der Waals surface area contributed by atoms with Gasteiger partial charge < -0.3 is 4.74 Å². The normalized spacial score (nSPS) is 14.0. The molecule has 0 radical (unpaired) electrons. The lowest BCUT2D eigenvalue weighted by Gasteiger charge is -2.20. The third-order valence-corrected chi connectivity index (χ3v) is 3.99. The minimum absolute atomic E-state index is 0.00664. The molecule has 0 bridgehead atoms. The van der Waals surface area contributed by atoms with Gasteiger partial charge in [0.2, 0.25) is 0 Å². The fourth-order valence-corrected chi connectivity index (χ4v) is 2.88. The molecule has 0 fully saturated rings. The molecule has 3 rings (SSSR count). The Kier molecular flexibility index (Phi) is 3.16. The number of rotatable bonds is 3. The van der Waals surface area contributed by atoms with Crippen molar-refractivity contribution in [3.63, 3.8) is 0 Å². The molecular weight excluding hydrogens is 313 g/mol. The topological polar surface area (TPSA) is 22.1 Å². The summed E-state index contributed by atoms with van der Waals surface area (Å²) in [6.45, 7) is -1.73. The van der Waals surface area contributed by atoms with Gasteiger partial charge in [0, 0.05) is 16.9 Å². The smallest absolute Gasteiger partial charge is 0.456 e. The molecule has 1 aliphatic carbocycles. The third-order valence-electron chi connectivity index (χ3n) is 3.16. The highest BCUT2D eigenvalue weighted by Gasteiger charge is 2.58. The van der Waals surface area contributed by atoms with Crippen LogP contribution in [0.25, 0.3) is 11.3 Å². The summed E-state index contributed by atoms with van der Waals surface area (Å²) >= 11 is 1.47. The van der Waals surface area contributed by atoms with Crippen LogP contribution in [0.1, 0.15) is 10.4 Å². The zero-order valence-electron chi connectivity index (χ0n) is 10.4. The highest BCUT2D eigenvalue weighted by Crippen LogP contribution is 2.40. The molecule has 0 atom stereocenters. The molecular formula is C13H8F5NOS. The lowest BCUT2D eigenvalue weighted by molar-refractivity contribution is -0.290. The molecule has 1 heterocycles. The molecule has 0 spiro atoms. The highest BCUT2D eigenvalue weighted by atomic mass is 32.1. The Morgan fingerprint density at radius 1 is 1.19 bits per heavy atom. The molecule has 0 amide bonds. The lowest BCUT2D eigenvalue weighted by atomic mass is 10.1. The Morgan fingerprint density at radius 3 is 2.67 bits per heavy atom. The molecule has 21 heavy (non-hydrogen) atoms. The van der Waals surface area contributed by atoms with Gasteiger partial charge >= 0.3 is 12.1 Å². The van der Waals surface area contributed by atoms with Crippen LogP contribution in [0.4, 0.5) is 22.0 Å². The molecule has 112 valence electrons. The van der Waals surface area contributed by atoms with Crippen molar-refractivity contribution in [2.75, 3.05) is 6.61 Å². The predicted octanol–water partition coefficient (Wildman–Crippen LogP) is 4.29. The number of nitrogens with zero attached hydrogens (tertiary/aromatic N) is 1. The van der Waals surface area contributed by atoms with Crippen LogP contribution in [0.5, 0.6) is 5.75 Å². The second kappa shape index (κ2) is 4.66. The summed E-state index contributed by atoms with van der Waals surface area (Å²) in [6.07, 6.45) is -5.03. The van der Waals surface area contributed by atoms with Gasteiger partial charge in [0.25, 0.3) is 0 Å². The Bertz CT molecular complexity index is 679. The molecule has 0 saturated heterocycles. The number of thiazole rings is 1. The number of halogens is 5. The first kappa shape index (κ1) is 14.2. The van der Waals surface area contributed by atoms with Crippen LogP contribution < -0.4 is 4.74 Å². The molecule has 0 saturated carbocycles. The third kappa shape index (κ3) is 2.48. The standard InChI is InChI=1S/C13H8F5NOS/c14-12(15,13(16,17)18)5-20-8-1-2-9-7(3-8)4-10-11(9)19-6-21-10/h1-3,6H,4-5H2. The van der Waals surface area contributed by atoms with Crippen LogP contribution in [-0.4, -0.2) is 23.7 Å². The van der Waals surface area contributed by atoms with Crippen molar-refractivity contribution in [1.82, 2.24) is 4.98 Å². The number of aromatic nitrogens is 1. The molecule has 0 unspecified atom stereocenters. The van der Waals surface area contributed by atoms with E-state index in [0.717, 1.165) is 21.7 Å². The van der Waals surface area contributed by atoms with Crippen molar-refractivity contribution in [3.05, 3.63) is 34.2 Å². The van der Waals surface area contributed by atoms with E-state index in [2.05, 4.69) is 9.72 Å². The number of hydrogen-bond acceptors (Lipinski definition) is 3. The van der Waals surface area contributed by atoms with E-state index in [-0.39, 0.29) is 5.75 Å². The predicted molar refractivity (Wildman–Crippen MR) is 66.9 cm³/mol. The first-order chi connectivity index (χ1) is 9.78. The van der Waals surface area contributed by atoms with E-state index in [0.29, 0.717) is 6.42 Å². The Hall–Kier alpha value is -1.70. The SMILES string of the molecule is FC(F)(F)C(F)(F)COc1ccc2c(c1)Cc1scnc1-2. The first-order valence-corrected chi connectivity index (χ1v) is 6.79. The van der Waals surface area contributed by atoms with Crippen LogP contribution in [0.15, 0.2) is 23.7 Å². The average Bonchev–Trinajstić information content (AvgIpc) is 2.94. The summed E-state index contributed by atoms with van der Waals surface area (Å²) in [5.41, 5.74) is 4.22. The van der Waals surface area contributed by atoms with Crippen molar-refractivity contribution < 1.29 is 26.7 Å². The minimum atomic E-state index is -5.61. The summed E-state index contributed by atoms with van der Waals surface area (Å²) in [4.78, 5) is 5.24. The maximum absolute atomic E-state index is 12.8. The summed E-state index contributed by atoms with van der Waals surface area (Å²) in [5.74, 6) is -4.88. The number of fused-ring (bicyclic) bond motifs is 3. The molecule has 1 aromatic carbocycles. The summed E-state index contributed by atoms with van der Waals surface area (Å²) in [5, 5.41) is 0. The molecule has 1 aromatic heterocycles. The summed E-state index contributed by atoms with van der Waals surface area (Å²) in [7, 11) is 0. The van der Waals surface area contributed by atoms with Crippen molar-refractivity contribution >= 4 is 11.3 Å². The monoisotopic (exact) mass is 321 g/mol. The zero-order valence-corrected chi connectivity index (χ0v) is 11.2. The largest absolute Gasteiger partial charge is 0.487 e. The fourth-order valence-electron chi connectivity index (χ4n) is 2.08. The van der Waals surface area contributed by atoms with Gasteiger partial charge in [-0.05, 0) is 23.8 Å². The Morgan fingerprint density at radius 2 is 1.95 bits per heavy atom. The van der Waals surface area contributed by atoms with Crippen LogP contribution in [-0.2, 0) is 6.42 Å². The maximum atomic E-state index is 12.8. The zero-order chi connectivity index (χ0) is 15.3. The minimum Gasteiger partial charge on any atom is -0.487 e. The van der Waals surface area contributed by atoms with Gasteiger partial charge in [-0.1, -0.05) is 0 Å². The molecule has 0 N–H and O–H groups in total. The first-order valence-electron chi connectivity index (χ1n) is 5.91. The van der Waals surface area contributed by atoms with Crippen molar-refractivity contribution in [2.45, 2.75) is 18.5 Å². The molecule has 1 aliphatic rings. The van der Waals surface area contributed by atoms with Gasteiger partial charge in [-0.2, -0.15) is 22.0 Å². The van der Waals surface area contributed by atoms with E-state index in [4.69, 9.17) is 0 Å². The van der Waals surface area contributed by atoms with E-state index >= 15 is 0 Å². The second-order valence-electron chi connectivity index (χ2n) is 4.61. The second-order valence-corrected chi connectivity index (χ2v) is 5.55. The van der Waals surface area contributed by atoms with E-state index in [9.17, 15) is 22.0 Å². The summed E-state index contributed by atoms with van der Waals surface area (Å²) < 4.78 is 66.4. The fraction of sp³-hybridized carbons (Fsp3) is 0.308. The van der Waals surface area contributed by atoms with Crippen molar-refractivity contribution in [3.8, 4) is 17.0 Å². The van der Waals surface area contributed by atoms with Crippen LogP contribution in [0.3, 0.4) is 0 Å². The van der Waals surface area contributed by atoms with E-state index in [1.54, 1.807) is 11.6 Å². The maximum Gasteiger partial charge on any atom is 0.456 e. The lowest BCUT2D eigenvalue weighted by Crippen LogP contribution is -2.41. The van der Waals surface area contributed by atoms with Gasteiger partial charge in [-0.15, -0.1) is 11.3 Å². The highest BCUT2D eigenvalue weighted by molar-refractivity contribution is 7.10. The van der Waals surface area contributed by atoms with E-state index in [1.165, 1.54) is 23.5 Å². The summed E-state index contributed by atoms with van der Waals surface area (Å²) in [6, 6.07) is 4.48. The number of ether oxygens (including phenoxy) is 1. The average molecular weight is 321 g/mol. The van der Waals surface area contributed by atoms with Crippen LogP contribution in [0, 0.1) is 0 Å². The van der Waals surface area contributed by atoms with Gasteiger partial charge in [0.15, 0.2) is 6.61 Å². The van der Waals surface area contributed by atoms with Gasteiger partial charge in [0.05, 0.1) is 11.2 Å². The number of benzene rings is 1. The van der Waals surface area contributed by atoms with Gasteiger partial charge in [-0.25, -0.2) is 4.98 Å². The van der Waals surface area contributed by atoms with Gasteiger partial charge in [-0.3, -0.25) is 0 Å². The van der Waals surface area contributed by atoms with Crippen molar-refractivity contribution in [1.29, 1.82) is 0 Å². The molecule has 2 nitrogen and oxygen atoms in total. The van der Waals surface area contributed by atoms with Crippen LogP contribution >= 0.6 is 11.3 Å². The Labute approximate surface area is 120 Å². The number of hydrogen-bond donors (Lipinski definition) is 0. The number of alkyl halides is 5. The van der Waals surface area contributed by atoms with Crippen molar-refractivity contribution in [2.24, 2.45) is 0 Å².